The van der Waals surface area contributed by atoms with Crippen molar-refractivity contribution in [2.75, 3.05) is 0 Å². The van der Waals surface area contributed by atoms with Gasteiger partial charge in [-0.25, -0.2) is 0 Å². The second kappa shape index (κ2) is 60.2. The molecule has 0 heterocycles. The summed E-state index contributed by atoms with van der Waals surface area (Å²) in [6, 6.07) is 0. The van der Waals surface area contributed by atoms with Crippen LogP contribution in [0.1, 0.15) is 272 Å². The Kier molecular flexibility index (Phi) is 67.4. The van der Waals surface area contributed by atoms with E-state index in [2.05, 4.69) is 41.5 Å². The Labute approximate surface area is 394 Å². The van der Waals surface area contributed by atoms with Gasteiger partial charge < -0.3 is 39.6 Å². The summed E-state index contributed by atoms with van der Waals surface area (Å²) in [5.41, 5.74) is -0.342. The molecule has 354 valence electrons. The van der Waals surface area contributed by atoms with Crippen molar-refractivity contribution in [2.45, 2.75) is 272 Å². The molecule has 0 saturated heterocycles. The van der Waals surface area contributed by atoms with Crippen LogP contribution in [0.15, 0.2) is 23.3 Å². The predicted octanol–water partition coefficient (Wildman–Crippen LogP) is 11.0. The number of carboxylic acids is 4. The van der Waals surface area contributed by atoms with Crippen molar-refractivity contribution in [3.05, 3.63) is 37.1 Å². The fourth-order valence-electron chi connectivity index (χ4n) is 6.48. The standard InChI is InChI=1S/2C22H40O4.2C4H9.Sn/c2*1-2-3-4-5-6-7-8-9-10-11-12-13-14-15-16-17-18-20(22(25)26)19-21(23)24;2*1-3-4-2;/h2*19H,2-18H2,1H3,(H,23,24)(H,25,26);2*1,3-4H2,2H3;/q;;;;+4/p-4/b2*20-19-;;;. The molecule has 0 rings (SSSR count). The summed E-state index contributed by atoms with van der Waals surface area (Å²) in [6.45, 7) is 16.0. The summed E-state index contributed by atoms with van der Waals surface area (Å²) in [4.78, 5) is 42.3. The van der Waals surface area contributed by atoms with E-state index in [0.29, 0.717) is 25.0 Å². The number of carbonyl (C=O) groups excluding carboxylic acids is 4. The molecule has 0 aliphatic heterocycles. The Morgan fingerprint density at radius 1 is 0.328 bits per heavy atom. The van der Waals surface area contributed by atoms with Crippen molar-refractivity contribution in [3.8, 4) is 0 Å². The van der Waals surface area contributed by atoms with Crippen LogP contribution in [0.4, 0.5) is 0 Å². The number of unbranched alkanes of at least 4 members (excludes halogenated alkanes) is 32. The minimum absolute atomic E-state index is 0. The Morgan fingerprint density at radius 3 is 0.623 bits per heavy atom. The number of rotatable bonds is 40. The van der Waals surface area contributed by atoms with E-state index < -0.39 is 23.9 Å². The molecule has 0 atom stereocenters. The van der Waals surface area contributed by atoms with Crippen LogP contribution in [-0.2, 0) is 19.2 Å². The minimum atomic E-state index is -1.47. The maximum Gasteiger partial charge on any atom is 4.00 e. The first-order valence-electron chi connectivity index (χ1n) is 24.8. The fraction of sp³-hybridized carbons (Fsp3) is 0.808. The molecule has 0 unspecified atom stereocenters. The molecule has 0 N–H and O–H groups in total. The van der Waals surface area contributed by atoms with Gasteiger partial charge >= 0.3 is 23.9 Å². The second-order valence-corrected chi connectivity index (χ2v) is 16.4. The average Bonchev–Trinajstić information content (AvgIpc) is 3.22. The topological polar surface area (TPSA) is 161 Å². The molecule has 0 aromatic rings. The van der Waals surface area contributed by atoms with Gasteiger partial charge in [-0.1, -0.05) is 260 Å². The summed E-state index contributed by atoms with van der Waals surface area (Å²) in [6.07, 6.45) is 46.5. The minimum Gasteiger partial charge on any atom is -0.545 e. The molecule has 0 aromatic heterocycles. The van der Waals surface area contributed by atoms with Crippen LogP contribution in [0, 0.1) is 13.8 Å². The number of carbonyl (C=O) groups is 4. The molecule has 0 bridgehead atoms. The van der Waals surface area contributed by atoms with Gasteiger partial charge in [-0.15, -0.1) is 0 Å². The SMILES string of the molecule is CCCCCCCCCCCCCCCCCC/C(=C/C(=O)[O-])C(=O)[O-].CCCCCCCCCCCCCCCCCC/C(=C/C(=O)[O-])C(=O)[O-].[CH2]CCC.[CH2]CCC.[Sn+4]. The van der Waals surface area contributed by atoms with Gasteiger partial charge in [0.2, 0.25) is 0 Å². The Balaban J connectivity index is -0.000000286. The van der Waals surface area contributed by atoms with Gasteiger partial charge in [-0.2, -0.15) is 0 Å². The molecule has 0 amide bonds. The quantitative estimate of drug-likeness (QED) is 0.0333. The smallest absolute Gasteiger partial charge is 0.545 e. The van der Waals surface area contributed by atoms with Gasteiger partial charge in [0.05, 0.1) is 23.9 Å². The summed E-state index contributed by atoms with van der Waals surface area (Å²) in [5.74, 6) is -5.76. The predicted molar refractivity (Wildman–Crippen MR) is 251 cm³/mol. The van der Waals surface area contributed by atoms with Crippen LogP contribution >= 0.6 is 0 Å². The van der Waals surface area contributed by atoms with E-state index >= 15 is 0 Å². The molecule has 0 aliphatic carbocycles. The zero-order valence-corrected chi connectivity index (χ0v) is 43.1. The average molecular weight is 966 g/mol. The number of hydrogen-bond acceptors (Lipinski definition) is 8. The maximum absolute atomic E-state index is 10.8. The fourth-order valence-corrected chi connectivity index (χ4v) is 6.48. The summed E-state index contributed by atoms with van der Waals surface area (Å²) in [7, 11) is 0. The molecule has 0 saturated carbocycles. The van der Waals surface area contributed by atoms with Crippen molar-refractivity contribution in [2.24, 2.45) is 0 Å². The second-order valence-electron chi connectivity index (χ2n) is 16.4. The Morgan fingerprint density at radius 2 is 0.492 bits per heavy atom. The van der Waals surface area contributed by atoms with Gasteiger partial charge in [-0.05, 0) is 49.0 Å². The van der Waals surface area contributed by atoms with E-state index in [0.717, 1.165) is 38.5 Å². The summed E-state index contributed by atoms with van der Waals surface area (Å²) < 4.78 is 0. The first kappa shape index (κ1) is 68.2. The number of aliphatic carboxylic acids is 4. The van der Waals surface area contributed by atoms with Crippen molar-refractivity contribution < 1.29 is 39.6 Å². The molecule has 9 heteroatoms. The molecule has 0 aromatic carbocycles. The van der Waals surface area contributed by atoms with Crippen LogP contribution in [0.3, 0.4) is 0 Å². The first-order chi connectivity index (χ1) is 29.0. The molecule has 0 spiro atoms. The van der Waals surface area contributed by atoms with Crippen LogP contribution in [0.5, 0.6) is 0 Å². The van der Waals surface area contributed by atoms with Crippen LogP contribution in [0.25, 0.3) is 0 Å². The van der Waals surface area contributed by atoms with Crippen molar-refractivity contribution in [1.82, 2.24) is 0 Å². The third-order valence-corrected chi connectivity index (χ3v) is 10.4. The van der Waals surface area contributed by atoms with Crippen LogP contribution in [-0.4, -0.2) is 47.8 Å². The third-order valence-electron chi connectivity index (χ3n) is 10.4. The largest absolute Gasteiger partial charge is 4.00 e. The third kappa shape index (κ3) is 67.4. The summed E-state index contributed by atoms with van der Waals surface area (Å²) >= 11 is 0. The van der Waals surface area contributed by atoms with Crippen molar-refractivity contribution in [1.29, 1.82) is 0 Å². The van der Waals surface area contributed by atoms with Crippen LogP contribution in [0.2, 0.25) is 0 Å². The molecule has 0 fully saturated rings. The van der Waals surface area contributed by atoms with Crippen LogP contribution < -0.4 is 20.4 Å². The van der Waals surface area contributed by atoms with E-state index in [-0.39, 0.29) is 47.9 Å². The summed E-state index contributed by atoms with van der Waals surface area (Å²) in [5, 5.41) is 42.3. The molecular weight excluding hydrogens is 871 g/mol. The zero-order valence-electron chi connectivity index (χ0n) is 40.2. The molecule has 61 heavy (non-hydrogen) atoms. The monoisotopic (exact) mass is 967 g/mol. The maximum atomic E-state index is 10.8. The number of carboxylic acid groups (broad SMARTS) is 4. The van der Waals surface area contributed by atoms with Gasteiger partial charge in [0, 0.05) is 0 Å². The molecule has 0 aliphatic rings. The van der Waals surface area contributed by atoms with Gasteiger partial charge in [-0.3, -0.25) is 0 Å². The van der Waals surface area contributed by atoms with Crippen molar-refractivity contribution in [3.63, 3.8) is 0 Å². The number of hydrogen-bond donors (Lipinski definition) is 0. The molecular formula is C52H94O8Sn. The molecule has 2 radical (unpaired) electrons. The van der Waals surface area contributed by atoms with Gasteiger partial charge in [0.25, 0.3) is 0 Å². The van der Waals surface area contributed by atoms with Crippen molar-refractivity contribution >= 4 is 47.8 Å². The van der Waals surface area contributed by atoms with E-state index in [9.17, 15) is 39.6 Å². The molecule has 8 nitrogen and oxygen atoms in total. The zero-order chi connectivity index (χ0) is 45.7. The first-order valence-corrected chi connectivity index (χ1v) is 24.8. The Hall–Kier alpha value is -1.84. The van der Waals surface area contributed by atoms with E-state index in [1.807, 2.05) is 0 Å². The normalized spacial score (nSPS) is 10.9. The van der Waals surface area contributed by atoms with E-state index in [1.54, 1.807) is 0 Å². The van der Waals surface area contributed by atoms with E-state index in [1.165, 1.54) is 180 Å². The van der Waals surface area contributed by atoms with Gasteiger partial charge in [0.15, 0.2) is 0 Å². The Bertz CT molecular complexity index is 912. The van der Waals surface area contributed by atoms with E-state index in [4.69, 9.17) is 0 Å². The van der Waals surface area contributed by atoms with Gasteiger partial charge in [0.1, 0.15) is 0 Å².